The molecule has 1 aromatic carbocycles. The van der Waals surface area contributed by atoms with Crippen LogP contribution in [0.2, 0.25) is 0 Å². The van der Waals surface area contributed by atoms with E-state index in [0.717, 1.165) is 22.3 Å². The Kier molecular flexibility index (Phi) is 2.77. The number of H-pyrrole nitrogens is 1. The minimum absolute atomic E-state index is 0.494. The molecule has 0 saturated heterocycles. The highest BCUT2D eigenvalue weighted by atomic mass is 32.2. The standard InChI is InChI=1S/C13H11N3OS/c1-18(17)13-15-11-7-4-5-9(12(11)16-13)10-6-2-3-8-14-10/h2-8H,1H3,(H,15,16). The second-order valence-corrected chi connectivity index (χ2v) is 5.21. The largest absolute Gasteiger partial charge is 0.609 e. The summed E-state index contributed by atoms with van der Waals surface area (Å²) < 4.78 is 11.5. The summed E-state index contributed by atoms with van der Waals surface area (Å²) in [6, 6.07) is 11.6. The van der Waals surface area contributed by atoms with Crippen molar-refractivity contribution >= 4 is 22.2 Å². The van der Waals surface area contributed by atoms with Crippen LogP contribution in [0, 0.1) is 0 Å². The van der Waals surface area contributed by atoms with E-state index in [0.29, 0.717) is 5.16 Å². The maximum absolute atomic E-state index is 11.5. The molecule has 2 heterocycles. The zero-order valence-electron chi connectivity index (χ0n) is 9.75. The average molecular weight is 257 g/mol. The summed E-state index contributed by atoms with van der Waals surface area (Å²) in [6.45, 7) is 0. The van der Waals surface area contributed by atoms with E-state index in [2.05, 4.69) is 15.0 Å². The summed E-state index contributed by atoms with van der Waals surface area (Å²) in [6.07, 6.45) is 3.36. The molecular weight excluding hydrogens is 246 g/mol. The predicted octanol–water partition coefficient (Wildman–Crippen LogP) is 2.36. The molecule has 0 aliphatic rings. The van der Waals surface area contributed by atoms with E-state index >= 15 is 0 Å². The molecule has 0 amide bonds. The Bertz CT molecular complexity index is 679. The first-order valence-corrected chi connectivity index (χ1v) is 7.05. The number of rotatable bonds is 2. The first-order valence-electron chi connectivity index (χ1n) is 5.49. The molecular formula is C13H11N3OS. The Morgan fingerprint density at radius 3 is 2.78 bits per heavy atom. The summed E-state index contributed by atoms with van der Waals surface area (Å²) in [5.41, 5.74) is 3.49. The topological polar surface area (TPSA) is 64.6 Å². The van der Waals surface area contributed by atoms with Crippen LogP contribution in [0.4, 0.5) is 0 Å². The van der Waals surface area contributed by atoms with Gasteiger partial charge >= 0.3 is 5.16 Å². The lowest BCUT2D eigenvalue weighted by Gasteiger charge is -2.00. The van der Waals surface area contributed by atoms with E-state index < -0.39 is 11.2 Å². The van der Waals surface area contributed by atoms with Crippen molar-refractivity contribution in [1.82, 2.24) is 15.0 Å². The first-order chi connectivity index (χ1) is 8.75. The van der Waals surface area contributed by atoms with Crippen LogP contribution in [-0.4, -0.2) is 25.8 Å². The summed E-state index contributed by atoms with van der Waals surface area (Å²) >= 11 is -1.11. The first kappa shape index (κ1) is 11.3. The van der Waals surface area contributed by atoms with Gasteiger partial charge < -0.3 is 4.55 Å². The van der Waals surface area contributed by atoms with Crippen LogP contribution in [0.3, 0.4) is 0 Å². The predicted molar refractivity (Wildman–Crippen MR) is 71.7 cm³/mol. The maximum atomic E-state index is 11.5. The van der Waals surface area contributed by atoms with Crippen molar-refractivity contribution in [2.75, 3.05) is 6.26 Å². The van der Waals surface area contributed by atoms with Crippen LogP contribution >= 0.6 is 0 Å². The number of imidazole rings is 1. The normalized spacial score (nSPS) is 12.8. The number of para-hydroxylation sites is 1. The SMILES string of the molecule is C[S+]([O-])c1nc2c(-c3ccccn3)cccc2[nH]1. The van der Waals surface area contributed by atoms with E-state index in [1.807, 2.05) is 36.4 Å². The molecule has 5 heteroatoms. The molecule has 1 atom stereocenters. The van der Waals surface area contributed by atoms with E-state index in [1.165, 1.54) is 0 Å². The molecule has 0 aliphatic carbocycles. The summed E-state index contributed by atoms with van der Waals surface area (Å²) in [5.74, 6) is 0. The number of hydrogen-bond acceptors (Lipinski definition) is 3. The molecule has 0 fully saturated rings. The van der Waals surface area contributed by atoms with Gasteiger partial charge in [0, 0.05) is 22.9 Å². The number of benzene rings is 1. The smallest absolute Gasteiger partial charge is 0.321 e. The number of fused-ring (bicyclic) bond motifs is 1. The fraction of sp³-hybridized carbons (Fsp3) is 0.0769. The Morgan fingerprint density at radius 1 is 1.17 bits per heavy atom. The van der Waals surface area contributed by atoms with Crippen LogP contribution in [0.1, 0.15) is 0 Å². The van der Waals surface area contributed by atoms with Gasteiger partial charge in [-0.15, -0.1) is 0 Å². The molecule has 0 spiro atoms. The van der Waals surface area contributed by atoms with Crippen LogP contribution in [0.15, 0.2) is 47.8 Å². The van der Waals surface area contributed by atoms with Gasteiger partial charge in [0.1, 0.15) is 11.8 Å². The molecule has 90 valence electrons. The van der Waals surface area contributed by atoms with Gasteiger partial charge in [-0.25, -0.2) is 0 Å². The Hall–Kier alpha value is -1.85. The third kappa shape index (κ3) is 1.87. The van der Waals surface area contributed by atoms with Crippen LogP contribution in [0.25, 0.3) is 22.3 Å². The van der Waals surface area contributed by atoms with Gasteiger partial charge in [0.15, 0.2) is 0 Å². The monoisotopic (exact) mass is 257 g/mol. The van der Waals surface area contributed by atoms with Crippen molar-refractivity contribution in [2.45, 2.75) is 5.16 Å². The number of nitrogens with zero attached hydrogens (tertiary/aromatic N) is 2. The van der Waals surface area contributed by atoms with E-state index in [1.54, 1.807) is 12.5 Å². The van der Waals surface area contributed by atoms with E-state index in [-0.39, 0.29) is 0 Å². The quantitative estimate of drug-likeness (QED) is 0.717. The van der Waals surface area contributed by atoms with E-state index in [4.69, 9.17) is 0 Å². The number of aromatic amines is 1. The molecule has 3 aromatic rings. The lowest BCUT2D eigenvalue weighted by atomic mass is 10.1. The lowest BCUT2D eigenvalue weighted by Crippen LogP contribution is -1.98. The number of nitrogens with one attached hydrogen (secondary N) is 1. The Balaban J connectivity index is 2.24. The van der Waals surface area contributed by atoms with Crippen LogP contribution in [0.5, 0.6) is 0 Å². The molecule has 18 heavy (non-hydrogen) atoms. The molecule has 1 N–H and O–H groups in total. The second kappa shape index (κ2) is 4.44. The highest BCUT2D eigenvalue weighted by molar-refractivity contribution is 7.90. The zero-order valence-corrected chi connectivity index (χ0v) is 10.6. The molecule has 0 saturated carbocycles. The molecule has 0 aliphatic heterocycles. The van der Waals surface area contributed by atoms with Crippen molar-refractivity contribution in [3.05, 3.63) is 42.6 Å². The molecule has 4 nitrogen and oxygen atoms in total. The second-order valence-electron chi connectivity index (χ2n) is 3.91. The third-order valence-electron chi connectivity index (χ3n) is 2.70. The van der Waals surface area contributed by atoms with Gasteiger partial charge in [-0.2, -0.15) is 4.98 Å². The molecule has 2 aromatic heterocycles. The van der Waals surface area contributed by atoms with Gasteiger partial charge in [-0.3, -0.25) is 9.97 Å². The summed E-state index contributed by atoms with van der Waals surface area (Å²) in [7, 11) is 0. The fourth-order valence-corrected chi connectivity index (χ4v) is 2.35. The third-order valence-corrected chi connectivity index (χ3v) is 3.44. The zero-order chi connectivity index (χ0) is 12.5. The highest BCUT2D eigenvalue weighted by Gasteiger charge is 2.14. The summed E-state index contributed by atoms with van der Waals surface area (Å²) in [4.78, 5) is 11.8. The van der Waals surface area contributed by atoms with E-state index in [9.17, 15) is 4.55 Å². The van der Waals surface area contributed by atoms with Crippen LogP contribution in [-0.2, 0) is 11.2 Å². The van der Waals surface area contributed by atoms with Crippen LogP contribution < -0.4 is 0 Å². The Morgan fingerprint density at radius 2 is 2.06 bits per heavy atom. The number of aromatic nitrogens is 3. The minimum atomic E-state index is -1.11. The fourth-order valence-electron chi connectivity index (χ4n) is 1.87. The van der Waals surface area contributed by atoms with Crippen molar-refractivity contribution < 1.29 is 4.55 Å². The average Bonchev–Trinajstić information content (AvgIpc) is 2.83. The minimum Gasteiger partial charge on any atom is -0.609 e. The molecule has 1 unspecified atom stereocenters. The van der Waals surface area contributed by atoms with Gasteiger partial charge in [-0.1, -0.05) is 18.2 Å². The molecule has 0 bridgehead atoms. The summed E-state index contributed by atoms with van der Waals surface area (Å²) in [5, 5.41) is 0.494. The van der Waals surface area contributed by atoms with Gasteiger partial charge in [0.05, 0.1) is 11.2 Å². The van der Waals surface area contributed by atoms with Gasteiger partial charge in [0.2, 0.25) is 0 Å². The van der Waals surface area contributed by atoms with Gasteiger partial charge in [0.25, 0.3) is 0 Å². The molecule has 3 rings (SSSR count). The van der Waals surface area contributed by atoms with Crippen molar-refractivity contribution in [1.29, 1.82) is 0 Å². The van der Waals surface area contributed by atoms with Crippen molar-refractivity contribution in [3.8, 4) is 11.3 Å². The van der Waals surface area contributed by atoms with Gasteiger partial charge in [-0.05, 0) is 18.2 Å². The maximum Gasteiger partial charge on any atom is 0.321 e. The number of hydrogen-bond donors (Lipinski definition) is 1. The molecule has 0 radical (unpaired) electrons. The number of pyridine rings is 1. The van der Waals surface area contributed by atoms with Crippen molar-refractivity contribution in [3.63, 3.8) is 0 Å². The van der Waals surface area contributed by atoms with Crippen molar-refractivity contribution in [2.24, 2.45) is 0 Å². The Labute approximate surface area is 107 Å². The lowest BCUT2D eigenvalue weighted by molar-refractivity contribution is 0.594. The highest BCUT2D eigenvalue weighted by Crippen LogP contribution is 2.26.